The Morgan fingerprint density at radius 2 is 1.81 bits per heavy atom. The summed E-state index contributed by atoms with van der Waals surface area (Å²) in [4.78, 5) is 12.9. The number of amides is 1. The number of rotatable bonds is 4. The zero-order valence-corrected chi connectivity index (χ0v) is 13.6. The topological polar surface area (TPSA) is 83.7 Å². The molecule has 0 atom stereocenters. The Balaban J connectivity index is 3.32. The number of carbonyl (C=O) groups is 1. The minimum absolute atomic E-state index is 0.0598. The third-order valence-electron chi connectivity index (χ3n) is 3.23. The smallest absolute Gasteiger partial charge is 0.243 e. The van der Waals surface area contributed by atoms with Gasteiger partial charge in [0.05, 0.1) is 17.1 Å². The van der Waals surface area contributed by atoms with Crippen LogP contribution >= 0.6 is 0 Å². The minimum Gasteiger partial charge on any atom is -0.396 e. The molecule has 0 unspecified atom stereocenters. The highest BCUT2D eigenvalue weighted by Crippen LogP contribution is 2.29. The normalized spacial score (nSPS) is 11.8. The second-order valence-corrected chi connectivity index (χ2v) is 7.07. The number of nitrogen functional groups attached to an aromatic ring is 1. The standard InChI is InChI=1S/C13H20FN3O3S/c1-8-6-10(14)12(15)9(2)13(8)21(19,20)17(5)7-11(18)16(3)4/h6H,7,15H2,1-5H3. The van der Waals surface area contributed by atoms with E-state index in [1.165, 1.54) is 39.9 Å². The van der Waals surface area contributed by atoms with Gasteiger partial charge in [-0.15, -0.1) is 0 Å². The van der Waals surface area contributed by atoms with Crippen molar-refractivity contribution in [3.05, 3.63) is 23.0 Å². The van der Waals surface area contributed by atoms with Gasteiger partial charge in [0.2, 0.25) is 15.9 Å². The first kappa shape index (κ1) is 17.4. The summed E-state index contributed by atoms with van der Waals surface area (Å²) < 4.78 is 39.6. The van der Waals surface area contributed by atoms with Crippen LogP contribution in [0.5, 0.6) is 0 Å². The Bertz CT molecular complexity index is 672. The minimum atomic E-state index is -3.93. The molecule has 1 aromatic carbocycles. The van der Waals surface area contributed by atoms with E-state index >= 15 is 0 Å². The van der Waals surface area contributed by atoms with Crippen molar-refractivity contribution in [1.82, 2.24) is 9.21 Å². The van der Waals surface area contributed by atoms with Gasteiger partial charge in [-0.25, -0.2) is 12.8 Å². The van der Waals surface area contributed by atoms with E-state index in [0.29, 0.717) is 0 Å². The number of hydrogen-bond donors (Lipinski definition) is 1. The van der Waals surface area contributed by atoms with Crippen molar-refractivity contribution in [2.75, 3.05) is 33.4 Å². The van der Waals surface area contributed by atoms with Crippen LogP contribution in [0.2, 0.25) is 0 Å². The van der Waals surface area contributed by atoms with E-state index in [2.05, 4.69) is 0 Å². The molecule has 0 radical (unpaired) electrons. The van der Waals surface area contributed by atoms with Gasteiger partial charge in [0.15, 0.2) is 0 Å². The van der Waals surface area contributed by atoms with Gasteiger partial charge in [0.25, 0.3) is 0 Å². The molecule has 0 aliphatic rings. The van der Waals surface area contributed by atoms with Crippen molar-refractivity contribution in [3.63, 3.8) is 0 Å². The van der Waals surface area contributed by atoms with Crippen molar-refractivity contribution in [1.29, 1.82) is 0 Å². The average molecular weight is 317 g/mol. The molecule has 0 heterocycles. The summed E-state index contributed by atoms with van der Waals surface area (Å²) in [6.07, 6.45) is 0. The highest BCUT2D eigenvalue weighted by Gasteiger charge is 2.28. The number of halogens is 1. The maximum atomic E-state index is 13.5. The number of likely N-dealkylation sites (N-methyl/N-ethyl adjacent to an activating group) is 2. The lowest BCUT2D eigenvalue weighted by Crippen LogP contribution is -2.38. The molecule has 6 nitrogen and oxygen atoms in total. The molecule has 0 aliphatic heterocycles. The number of aryl methyl sites for hydroxylation is 1. The number of hydrogen-bond acceptors (Lipinski definition) is 4. The van der Waals surface area contributed by atoms with Crippen molar-refractivity contribution < 1.29 is 17.6 Å². The number of sulfonamides is 1. The highest BCUT2D eigenvalue weighted by atomic mass is 32.2. The van der Waals surface area contributed by atoms with Gasteiger partial charge in [-0.2, -0.15) is 4.31 Å². The fourth-order valence-electron chi connectivity index (χ4n) is 1.90. The number of nitrogens with zero attached hydrogens (tertiary/aromatic N) is 2. The van der Waals surface area contributed by atoms with Gasteiger partial charge in [-0.3, -0.25) is 4.79 Å². The second kappa shape index (κ2) is 5.98. The maximum absolute atomic E-state index is 13.5. The monoisotopic (exact) mass is 317 g/mol. The first-order valence-corrected chi connectivity index (χ1v) is 7.65. The molecule has 1 rings (SSSR count). The Hall–Kier alpha value is -1.67. The van der Waals surface area contributed by atoms with Crippen LogP contribution in [0, 0.1) is 19.7 Å². The molecule has 2 N–H and O–H groups in total. The fourth-order valence-corrected chi connectivity index (χ4v) is 3.45. The van der Waals surface area contributed by atoms with E-state index in [9.17, 15) is 17.6 Å². The van der Waals surface area contributed by atoms with Crippen molar-refractivity contribution in [3.8, 4) is 0 Å². The van der Waals surface area contributed by atoms with Gasteiger partial charge in [-0.1, -0.05) is 0 Å². The maximum Gasteiger partial charge on any atom is 0.243 e. The quantitative estimate of drug-likeness (QED) is 0.830. The third kappa shape index (κ3) is 3.33. The number of carbonyl (C=O) groups excluding carboxylic acids is 1. The first-order chi connectivity index (χ1) is 9.50. The highest BCUT2D eigenvalue weighted by molar-refractivity contribution is 7.89. The molecule has 0 spiro atoms. The summed E-state index contributed by atoms with van der Waals surface area (Å²) >= 11 is 0. The molecule has 0 aromatic heterocycles. The van der Waals surface area contributed by atoms with Gasteiger partial charge in [-0.05, 0) is 31.0 Å². The van der Waals surface area contributed by atoms with E-state index in [1.54, 1.807) is 0 Å². The van der Waals surface area contributed by atoms with Crippen LogP contribution in [0.1, 0.15) is 11.1 Å². The number of nitrogens with two attached hydrogens (primary N) is 1. The van der Waals surface area contributed by atoms with Gasteiger partial charge >= 0.3 is 0 Å². The lowest BCUT2D eigenvalue weighted by molar-refractivity contribution is -0.128. The molecule has 0 aliphatic carbocycles. The Labute approximate surface area is 124 Å². The molecular formula is C13H20FN3O3S. The molecule has 0 fully saturated rings. The van der Waals surface area contributed by atoms with Gasteiger partial charge in [0.1, 0.15) is 5.82 Å². The Kier molecular flexibility index (Phi) is 4.95. The molecule has 0 saturated heterocycles. The molecule has 1 amide bonds. The average Bonchev–Trinajstić information content (AvgIpc) is 2.35. The summed E-state index contributed by atoms with van der Waals surface area (Å²) in [6.45, 7) is 2.63. The van der Waals surface area contributed by atoms with Crippen molar-refractivity contribution in [2.45, 2.75) is 18.7 Å². The van der Waals surface area contributed by atoms with E-state index < -0.39 is 15.8 Å². The van der Waals surface area contributed by atoms with Gasteiger partial charge in [0, 0.05) is 21.1 Å². The molecular weight excluding hydrogens is 297 g/mol. The van der Waals surface area contributed by atoms with Crippen LogP contribution in [-0.4, -0.2) is 51.2 Å². The van der Waals surface area contributed by atoms with Crippen LogP contribution in [0.15, 0.2) is 11.0 Å². The zero-order chi connectivity index (χ0) is 16.5. The van der Waals surface area contributed by atoms with Crippen molar-refractivity contribution in [2.24, 2.45) is 0 Å². The Morgan fingerprint density at radius 3 is 2.29 bits per heavy atom. The summed E-state index contributed by atoms with van der Waals surface area (Å²) in [5.74, 6) is -1.01. The SMILES string of the molecule is Cc1cc(F)c(N)c(C)c1S(=O)(=O)N(C)CC(=O)N(C)C. The molecule has 21 heavy (non-hydrogen) atoms. The second-order valence-electron chi connectivity index (χ2n) is 5.09. The molecule has 0 saturated carbocycles. The van der Waals surface area contributed by atoms with Crippen LogP contribution in [0.25, 0.3) is 0 Å². The lowest BCUT2D eigenvalue weighted by Gasteiger charge is -2.22. The van der Waals surface area contributed by atoms with Crippen LogP contribution in [0.4, 0.5) is 10.1 Å². The van der Waals surface area contributed by atoms with E-state index in [0.717, 1.165) is 10.4 Å². The van der Waals surface area contributed by atoms with E-state index in [1.807, 2.05) is 0 Å². The fraction of sp³-hybridized carbons (Fsp3) is 0.462. The predicted molar refractivity (Wildman–Crippen MR) is 78.8 cm³/mol. The lowest BCUT2D eigenvalue weighted by atomic mass is 10.1. The summed E-state index contributed by atoms with van der Waals surface area (Å²) in [5, 5.41) is 0. The number of anilines is 1. The summed E-state index contributed by atoms with van der Waals surface area (Å²) in [7, 11) is 0.446. The summed E-state index contributed by atoms with van der Waals surface area (Å²) in [6, 6.07) is 1.08. The third-order valence-corrected chi connectivity index (χ3v) is 5.32. The number of benzene rings is 1. The molecule has 1 aromatic rings. The summed E-state index contributed by atoms with van der Waals surface area (Å²) in [5.41, 5.74) is 5.77. The Morgan fingerprint density at radius 1 is 1.29 bits per heavy atom. The molecule has 118 valence electrons. The largest absolute Gasteiger partial charge is 0.396 e. The molecule has 0 bridgehead atoms. The predicted octanol–water partition coefficient (Wildman–Crippen LogP) is 0.733. The van der Waals surface area contributed by atoms with Crippen LogP contribution in [0.3, 0.4) is 0 Å². The molecule has 8 heteroatoms. The first-order valence-electron chi connectivity index (χ1n) is 6.21. The van der Waals surface area contributed by atoms with Crippen LogP contribution in [-0.2, 0) is 14.8 Å². The zero-order valence-electron chi connectivity index (χ0n) is 12.8. The van der Waals surface area contributed by atoms with Gasteiger partial charge < -0.3 is 10.6 Å². The van der Waals surface area contributed by atoms with E-state index in [4.69, 9.17) is 5.73 Å². The van der Waals surface area contributed by atoms with Crippen LogP contribution < -0.4 is 5.73 Å². The van der Waals surface area contributed by atoms with Crippen molar-refractivity contribution >= 4 is 21.6 Å². The van der Waals surface area contributed by atoms with E-state index in [-0.39, 0.29) is 34.2 Å².